The minimum Gasteiger partial charge on any atom is -0.393 e. The number of ether oxygens (including phenoxy) is 1. The number of rotatable bonds is 4. The average molecular weight is 343 g/mol. The van der Waals surface area contributed by atoms with E-state index in [1.165, 1.54) is 5.56 Å². The van der Waals surface area contributed by atoms with Crippen molar-refractivity contribution in [3.05, 3.63) is 35.7 Å². The first-order valence-corrected chi connectivity index (χ1v) is 9.10. The summed E-state index contributed by atoms with van der Waals surface area (Å²) in [4.78, 5) is 6.90. The summed E-state index contributed by atoms with van der Waals surface area (Å²) < 4.78 is 11.2. The molecule has 4 rings (SSSR count). The van der Waals surface area contributed by atoms with Crippen LogP contribution < -0.4 is 0 Å². The van der Waals surface area contributed by atoms with Crippen LogP contribution in [0, 0.1) is 12.8 Å². The van der Waals surface area contributed by atoms with Gasteiger partial charge in [0.2, 0.25) is 11.7 Å². The number of aliphatic hydroxyl groups is 1. The van der Waals surface area contributed by atoms with Crippen molar-refractivity contribution >= 4 is 0 Å². The second-order valence-electron chi connectivity index (χ2n) is 7.16. The molecule has 0 unspecified atom stereocenters. The van der Waals surface area contributed by atoms with Crippen molar-refractivity contribution in [3.8, 4) is 11.4 Å². The van der Waals surface area contributed by atoms with E-state index in [2.05, 4.69) is 34.1 Å². The van der Waals surface area contributed by atoms with Crippen LogP contribution in [0.15, 0.2) is 28.8 Å². The lowest BCUT2D eigenvalue weighted by atomic mass is 9.94. The van der Waals surface area contributed by atoms with Crippen LogP contribution in [0.5, 0.6) is 0 Å². The molecular weight excluding hydrogens is 318 g/mol. The Kier molecular flexibility index (Phi) is 4.83. The van der Waals surface area contributed by atoms with Crippen molar-refractivity contribution in [1.82, 2.24) is 15.0 Å². The van der Waals surface area contributed by atoms with Crippen LogP contribution in [0.1, 0.15) is 30.7 Å². The van der Waals surface area contributed by atoms with E-state index in [1.807, 2.05) is 12.1 Å². The topological polar surface area (TPSA) is 71.6 Å². The molecular formula is C19H25N3O3. The number of hydrogen-bond donors (Lipinski definition) is 1. The maximum atomic E-state index is 10.3. The monoisotopic (exact) mass is 343 g/mol. The van der Waals surface area contributed by atoms with Crippen LogP contribution in [0.2, 0.25) is 0 Å². The Labute approximate surface area is 147 Å². The fourth-order valence-electron chi connectivity index (χ4n) is 4.06. The molecule has 3 atom stereocenters. The molecule has 1 N–H and O–H groups in total. The first-order chi connectivity index (χ1) is 12.2. The Balaban J connectivity index is 1.49. The fourth-order valence-corrected chi connectivity index (χ4v) is 4.06. The molecule has 2 aromatic rings. The quantitative estimate of drug-likeness (QED) is 0.919. The molecule has 0 bridgehead atoms. The zero-order chi connectivity index (χ0) is 17.2. The summed E-state index contributed by atoms with van der Waals surface area (Å²) in [5.41, 5.74) is 2.15. The molecule has 2 fully saturated rings. The van der Waals surface area contributed by atoms with Gasteiger partial charge in [-0.2, -0.15) is 4.98 Å². The van der Waals surface area contributed by atoms with Crippen LogP contribution in [0.25, 0.3) is 11.4 Å². The van der Waals surface area contributed by atoms with Gasteiger partial charge in [0.05, 0.1) is 25.9 Å². The molecule has 1 saturated carbocycles. The van der Waals surface area contributed by atoms with Gasteiger partial charge in [-0.25, -0.2) is 0 Å². The minimum absolute atomic E-state index is 0.222. The van der Waals surface area contributed by atoms with Gasteiger partial charge in [-0.05, 0) is 25.8 Å². The molecule has 0 amide bonds. The number of hydrogen-bond acceptors (Lipinski definition) is 6. The Morgan fingerprint density at radius 3 is 3.04 bits per heavy atom. The highest BCUT2D eigenvalue weighted by molar-refractivity contribution is 5.55. The van der Waals surface area contributed by atoms with Crippen molar-refractivity contribution in [2.75, 3.05) is 19.8 Å². The number of benzene rings is 1. The summed E-state index contributed by atoms with van der Waals surface area (Å²) in [5.74, 6) is 1.53. The molecule has 1 aliphatic heterocycles. The van der Waals surface area contributed by atoms with E-state index in [4.69, 9.17) is 9.26 Å². The highest BCUT2D eigenvalue weighted by Crippen LogP contribution is 2.32. The maximum absolute atomic E-state index is 10.3. The smallest absolute Gasteiger partial charge is 0.241 e. The summed E-state index contributed by atoms with van der Waals surface area (Å²) in [6.45, 7) is 4.86. The molecule has 25 heavy (non-hydrogen) atoms. The standard InChI is InChI=1S/C19H25N3O3/c1-13-4-2-5-14(10-13)19-20-18(25-21-19)11-22-8-9-24-12-16(22)15-6-3-7-17(15)23/h2,4-5,10,15-17,23H,3,6-9,11-12H2,1H3/t15-,16+,17-/m0/s1. The summed E-state index contributed by atoms with van der Waals surface area (Å²) >= 11 is 0. The van der Waals surface area contributed by atoms with Crippen LogP contribution in [0.4, 0.5) is 0 Å². The zero-order valence-electron chi connectivity index (χ0n) is 14.6. The molecule has 6 nitrogen and oxygen atoms in total. The third-order valence-electron chi connectivity index (χ3n) is 5.39. The van der Waals surface area contributed by atoms with Gasteiger partial charge in [-0.15, -0.1) is 0 Å². The van der Waals surface area contributed by atoms with Gasteiger partial charge in [0.15, 0.2) is 0 Å². The number of aliphatic hydroxyl groups excluding tert-OH is 1. The number of nitrogens with zero attached hydrogens (tertiary/aromatic N) is 3. The first kappa shape index (κ1) is 16.7. The second-order valence-corrected chi connectivity index (χ2v) is 7.16. The van der Waals surface area contributed by atoms with Crippen LogP contribution in [0.3, 0.4) is 0 Å². The molecule has 1 aliphatic carbocycles. The Morgan fingerprint density at radius 1 is 1.32 bits per heavy atom. The van der Waals surface area contributed by atoms with Gasteiger partial charge in [-0.1, -0.05) is 35.3 Å². The van der Waals surface area contributed by atoms with Crippen LogP contribution >= 0.6 is 0 Å². The van der Waals surface area contributed by atoms with Crippen molar-refractivity contribution < 1.29 is 14.4 Å². The van der Waals surface area contributed by atoms with Gasteiger partial charge in [0.1, 0.15) is 0 Å². The third kappa shape index (κ3) is 3.61. The SMILES string of the molecule is Cc1cccc(-c2noc(CN3CCOC[C@@H]3[C@@H]3CCC[C@@H]3O)n2)c1. The number of aromatic nitrogens is 2. The number of aryl methyl sites for hydroxylation is 1. The van der Waals surface area contributed by atoms with Crippen LogP contribution in [-0.2, 0) is 11.3 Å². The summed E-state index contributed by atoms with van der Waals surface area (Å²) in [7, 11) is 0. The van der Waals surface area contributed by atoms with E-state index in [9.17, 15) is 5.11 Å². The highest BCUT2D eigenvalue weighted by atomic mass is 16.5. The van der Waals surface area contributed by atoms with Crippen LogP contribution in [-0.4, -0.2) is 52.1 Å². The van der Waals surface area contributed by atoms with Gasteiger partial charge in [-0.3, -0.25) is 4.90 Å². The van der Waals surface area contributed by atoms with Gasteiger partial charge in [0, 0.05) is 24.1 Å². The van der Waals surface area contributed by atoms with E-state index < -0.39 is 0 Å². The summed E-state index contributed by atoms with van der Waals surface area (Å²) in [6.07, 6.45) is 2.82. The van der Waals surface area contributed by atoms with Crippen molar-refractivity contribution in [2.45, 2.75) is 44.9 Å². The molecule has 0 radical (unpaired) electrons. The summed E-state index contributed by atoms with van der Waals surface area (Å²) in [6, 6.07) is 8.32. The Hall–Kier alpha value is -1.76. The minimum atomic E-state index is -0.222. The van der Waals surface area contributed by atoms with E-state index in [0.29, 0.717) is 31.5 Å². The van der Waals surface area contributed by atoms with Gasteiger partial charge in [0.25, 0.3) is 0 Å². The molecule has 134 valence electrons. The Morgan fingerprint density at radius 2 is 2.24 bits per heavy atom. The van der Waals surface area contributed by atoms with Crippen molar-refractivity contribution in [1.29, 1.82) is 0 Å². The van der Waals surface area contributed by atoms with Crippen molar-refractivity contribution in [2.24, 2.45) is 5.92 Å². The lowest BCUT2D eigenvalue weighted by molar-refractivity contribution is -0.0567. The lowest BCUT2D eigenvalue weighted by Crippen LogP contribution is -2.50. The van der Waals surface area contributed by atoms with E-state index >= 15 is 0 Å². The molecule has 1 saturated heterocycles. The highest BCUT2D eigenvalue weighted by Gasteiger charge is 2.38. The maximum Gasteiger partial charge on any atom is 0.241 e. The summed E-state index contributed by atoms with van der Waals surface area (Å²) in [5, 5.41) is 14.4. The molecule has 1 aromatic heterocycles. The Bertz CT molecular complexity index is 717. The first-order valence-electron chi connectivity index (χ1n) is 9.10. The van der Waals surface area contributed by atoms with Gasteiger partial charge < -0.3 is 14.4 Å². The van der Waals surface area contributed by atoms with E-state index in [1.54, 1.807) is 0 Å². The number of morpholine rings is 1. The molecule has 2 heterocycles. The average Bonchev–Trinajstić information content (AvgIpc) is 3.25. The zero-order valence-corrected chi connectivity index (χ0v) is 14.6. The molecule has 2 aliphatic rings. The molecule has 0 spiro atoms. The lowest BCUT2D eigenvalue weighted by Gasteiger charge is -2.39. The molecule has 6 heteroatoms. The predicted octanol–water partition coefficient (Wildman–Crippen LogP) is 2.41. The largest absolute Gasteiger partial charge is 0.393 e. The van der Waals surface area contributed by atoms with Crippen molar-refractivity contribution in [3.63, 3.8) is 0 Å². The van der Waals surface area contributed by atoms with E-state index in [-0.39, 0.29) is 18.1 Å². The second kappa shape index (κ2) is 7.23. The normalized spacial score (nSPS) is 27.7. The van der Waals surface area contributed by atoms with Gasteiger partial charge >= 0.3 is 0 Å². The molecule has 1 aromatic carbocycles. The van der Waals surface area contributed by atoms with E-state index in [0.717, 1.165) is 31.4 Å². The fraction of sp³-hybridized carbons (Fsp3) is 0.579. The predicted molar refractivity (Wildman–Crippen MR) is 92.8 cm³/mol. The third-order valence-corrected chi connectivity index (χ3v) is 5.39.